The van der Waals surface area contributed by atoms with E-state index in [0.717, 1.165) is 17.7 Å². The molecule has 8 heteroatoms. The quantitative estimate of drug-likeness (QED) is 0.735. The number of carbonyl (C=O) groups excluding carboxylic acids is 1. The Hall–Kier alpha value is -2.79. The van der Waals surface area contributed by atoms with E-state index in [9.17, 15) is 10.1 Å². The molecule has 0 spiro atoms. The van der Waals surface area contributed by atoms with Crippen LogP contribution in [0.25, 0.3) is 0 Å². The van der Waals surface area contributed by atoms with E-state index in [1.165, 1.54) is 0 Å². The summed E-state index contributed by atoms with van der Waals surface area (Å²) in [6.45, 7) is 9.43. The maximum Gasteiger partial charge on any atom is 0.270 e. The second-order valence-corrected chi connectivity index (χ2v) is 9.10. The molecule has 0 radical (unpaired) electrons. The molecule has 0 aliphatic carbocycles. The molecule has 1 fully saturated rings. The van der Waals surface area contributed by atoms with Crippen LogP contribution in [0.15, 0.2) is 17.1 Å². The van der Waals surface area contributed by atoms with Gasteiger partial charge in [-0.2, -0.15) is 5.26 Å². The molecule has 2 unspecified atom stereocenters. The molecule has 0 saturated carbocycles. The average Bonchev–Trinajstić information content (AvgIpc) is 3.11. The highest BCUT2D eigenvalue weighted by molar-refractivity contribution is 6.42. The van der Waals surface area contributed by atoms with Crippen molar-refractivity contribution in [2.45, 2.75) is 64.4 Å². The molecule has 3 aliphatic heterocycles. The summed E-state index contributed by atoms with van der Waals surface area (Å²) in [5.74, 6) is 1.20. The van der Waals surface area contributed by atoms with Crippen molar-refractivity contribution >= 4 is 17.3 Å². The lowest BCUT2D eigenvalue weighted by atomic mass is 9.92. The normalized spacial score (nSPS) is 24.2. The molecule has 3 heterocycles. The van der Waals surface area contributed by atoms with Crippen LogP contribution in [0.5, 0.6) is 11.5 Å². The number of anilines is 1. The number of methoxy groups -OCH3 is 1. The number of hydrogen-bond donors (Lipinski definition) is 0. The summed E-state index contributed by atoms with van der Waals surface area (Å²) in [6.07, 6.45) is 0.723. The van der Waals surface area contributed by atoms with Crippen molar-refractivity contribution in [3.8, 4) is 17.6 Å². The summed E-state index contributed by atoms with van der Waals surface area (Å²) in [5, 5.41) is 9.86. The third kappa shape index (κ3) is 3.72. The lowest BCUT2D eigenvalue weighted by molar-refractivity contribution is -0.138. The fourth-order valence-corrected chi connectivity index (χ4v) is 4.65. The fourth-order valence-electron chi connectivity index (χ4n) is 4.65. The Morgan fingerprint density at radius 3 is 2.77 bits per heavy atom. The zero-order valence-electron chi connectivity index (χ0n) is 18.8. The van der Waals surface area contributed by atoms with Gasteiger partial charge in [0, 0.05) is 18.3 Å². The van der Waals surface area contributed by atoms with Crippen molar-refractivity contribution in [2.75, 3.05) is 31.8 Å². The van der Waals surface area contributed by atoms with Gasteiger partial charge in [-0.25, -0.2) is 4.99 Å². The molecule has 1 saturated heterocycles. The lowest BCUT2D eigenvalue weighted by Gasteiger charge is -2.43. The monoisotopic (exact) mass is 426 g/mol. The van der Waals surface area contributed by atoms with E-state index >= 15 is 0 Å². The highest BCUT2D eigenvalue weighted by Crippen LogP contribution is 2.43. The number of fused-ring (bicyclic) bond motifs is 3. The fraction of sp³-hybridized carbons (Fsp3) is 0.609. The van der Waals surface area contributed by atoms with Gasteiger partial charge in [-0.1, -0.05) is 0 Å². The van der Waals surface area contributed by atoms with Gasteiger partial charge in [0.2, 0.25) is 6.17 Å². The van der Waals surface area contributed by atoms with E-state index in [0.29, 0.717) is 43.4 Å². The number of carbonyl (C=O) groups is 1. The first-order chi connectivity index (χ1) is 14.8. The zero-order valence-corrected chi connectivity index (χ0v) is 18.8. The van der Waals surface area contributed by atoms with Crippen LogP contribution in [0.2, 0.25) is 0 Å². The summed E-state index contributed by atoms with van der Waals surface area (Å²) < 4.78 is 17.1. The number of nitriles is 1. The van der Waals surface area contributed by atoms with Crippen LogP contribution in [0.3, 0.4) is 0 Å². The van der Waals surface area contributed by atoms with E-state index in [1.807, 2.05) is 49.6 Å². The van der Waals surface area contributed by atoms with E-state index in [-0.39, 0.29) is 18.1 Å². The Kier molecular flexibility index (Phi) is 5.56. The molecule has 2 atom stereocenters. The Morgan fingerprint density at radius 1 is 1.35 bits per heavy atom. The van der Waals surface area contributed by atoms with E-state index in [2.05, 4.69) is 11.1 Å². The zero-order chi connectivity index (χ0) is 22.3. The molecule has 31 heavy (non-hydrogen) atoms. The molecule has 1 aromatic carbocycles. The molecule has 0 bridgehead atoms. The Balaban J connectivity index is 1.70. The highest BCUT2D eigenvalue weighted by atomic mass is 16.5. The Morgan fingerprint density at radius 2 is 2.13 bits per heavy atom. The number of benzene rings is 1. The first kappa shape index (κ1) is 21.4. The van der Waals surface area contributed by atoms with Gasteiger partial charge in [-0.15, -0.1) is 0 Å². The molecule has 3 aliphatic rings. The van der Waals surface area contributed by atoms with Gasteiger partial charge in [-0.05, 0) is 52.2 Å². The van der Waals surface area contributed by atoms with Crippen molar-refractivity contribution in [3.63, 3.8) is 0 Å². The van der Waals surface area contributed by atoms with Crippen LogP contribution < -0.4 is 14.4 Å². The van der Waals surface area contributed by atoms with Crippen molar-refractivity contribution < 1.29 is 19.0 Å². The number of ether oxygens (including phenoxy) is 3. The van der Waals surface area contributed by atoms with Crippen LogP contribution >= 0.6 is 0 Å². The third-order valence-corrected chi connectivity index (χ3v) is 6.09. The molecule has 166 valence electrons. The van der Waals surface area contributed by atoms with Crippen LogP contribution in [-0.4, -0.2) is 67.2 Å². The third-order valence-electron chi connectivity index (χ3n) is 6.09. The van der Waals surface area contributed by atoms with Crippen molar-refractivity contribution in [2.24, 2.45) is 4.99 Å². The van der Waals surface area contributed by atoms with E-state index in [1.54, 1.807) is 7.11 Å². The van der Waals surface area contributed by atoms with Gasteiger partial charge < -0.3 is 24.0 Å². The molecule has 8 nitrogen and oxygen atoms in total. The number of aliphatic imine (C=N–C) groups is 1. The minimum Gasteiger partial charge on any atom is -0.493 e. The average molecular weight is 427 g/mol. The SMILES string of the molecule is COc1cc2c(cc1OC(C)C)N1C(C#N)N=C(C(=O)N3CCOCC3(C)C)C1CC2. The summed E-state index contributed by atoms with van der Waals surface area (Å²) in [4.78, 5) is 21.9. The van der Waals surface area contributed by atoms with Crippen molar-refractivity contribution in [1.82, 2.24) is 4.90 Å². The Labute approximate surface area is 183 Å². The van der Waals surface area contributed by atoms with Gasteiger partial charge in [0.25, 0.3) is 5.91 Å². The predicted molar refractivity (Wildman–Crippen MR) is 117 cm³/mol. The Bertz CT molecular complexity index is 950. The molecular formula is C23H30N4O4. The number of rotatable bonds is 4. The van der Waals surface area contributed by atoms with Crippen LogP contribution in [0.1, 0.15) is 39.7 Å². The van der Waals surface area contributed by atoms with Crippen LogP contribution in [0.4, 0.5) is 5.69 Å². The van der Waals surface area contributed by atoms with E-state index in [4.69, 9.17) is 14.2 Å². The second-order valence-electron chi connectivity index (χ2n) is 9.10. The summed E-state index contributed by atoms with van der Waals surface area (Å²) in [5.41, 5.74) is 2.01. The number of aryl methyl sites for hydroxylation is 1. The lowest BCUT2D eigenvalue weighted by Crippen LogP contribution is -2.59. The largest absolute Gasteiger partial charge is 0.493 e. The molecule has 4 rings (SSSR count). The molecule has 0 aromatic heterocycles. The molecule has 1 aromatic rings. The van der Waals surface area contributed by atoms with Gasteiger partial charge >= 0.3 is 0 Å². The first-order valence-electron chi connectivity index (χ1n) is 10.8. The van der Waals surface area contributed by atoms with Gasteiger partial charge in [0.05, 0.1) is 38.0 Å². The summed E-state index contributed by atoms with van der Waals surface area (Å²) in [6, 6.07) is 5.94. The maximum atomic E-state index is 13.5. The smallest absolute Gasteiger partial charge is 0.270 e. The van der Waals surface area contributed by atoms with Crippen LogP contribution in [-0.2, 0) is 16.0 Å². The van der Waals surface area contributed by atoms with Gasteiger partial charge in [0.15, 0.2) is 11.5 Å². The number of amides is 1. The first-order valence-corrected chi connectivity index (χ1v) is 10.8. The van der Waals surface area contributed by atoms with E-state index < -0.39 is 11.7 Å². The second kappa shape index (κ2) is 8.04. The maximum absolute atomic E-state index is 13.5. The summed E-state index contributed by atoms with van der Waals surface area (Å²) >= 11 is 0. The topological polar surface area (TPSA) is 87.4 Å². The molecular weight excluding hydrogens is 396 g/mol. The van der Waals surface area contributed by atoms with Crippen LogP contribution in [0, 0.1) is 11.3 Å². The van der Waals surface area contributed by atoms with Gasteiger partial charge in [0.1, 0.15) is 11.8 Å². The number of morpholine rings is 1. The highest BCUT2D eigenvalue weighted by Gasteiger charge is 2.46. The predicted octanol–water partition coefficient (Wildman–Crippen LogP) is 2.55. The van der Waals surface area contributed by atoms with Gasteiger partial charge in [-0.3, -0.25) is 4.79 Å². The molecule has 0 N–H and O–H groups in total. The number of hydrogen-bond acceptors (Lipinski definition) is 7. The number of nitrogens with zero attached hydrogens (tertiary/aromatic N) is 4. The standard InChI is InChI=1S/C23H30N4O4/c1-14(2)31-19-11-17-15(10-18(19)29-5)6-7-16-21(25-20(12-24)27(16)17)22(28)26-8-9-30-13-23(26,3)4/h10-11,14,16,20H,6-9,13H2,1-5H3. The minimum atomic E-state index is -0.743. The van der Waals surface area contributed by atoms with Crippen molar-refractivity contribution in [1.29, 1.82) is 5.26 Å². The van der Waals surface area contributed by atoms with Crippen molar-refractivity contribution in [3.05, 3.63) is 17.7 Å². The summed E-state index contributed by atoms with van der Waals surface area (Å²) in [7, 11) is 1.62. The molecule has 1 amide bonds. The minimum absolute atomic E-state index is 0.0198.